The Morgan fingerprint density at radius 3 is 2.81 bits per heavy atom. The smallest absolute Gasteiger partial charge is 0.305 e. The number of halogens is 2. The Hall–Kier alpha value is -2.48. The van der Waals surface area contributed by atoms with E-state index >= 15 is 0 Å². The molecular weight excluding hydrogens is 417 g/mol. The zero-order valence-electron chi connectivity index (χ0n) is 15.0. The SMILES string of the molecule is COC(=O)CCCCCNC(=O)/C=C/c1ccc(-n2cc(Br)cn2)c(F)c1. The maximum absolute atomic E-state index is 14.2. The molecule has 8 heteroatoms. The van der Waals surface area contributed by atoms with Gasteiger partial charge in [-0.1, -0.05) is 12.5 Å². The predicted octanol–water partition coefficient (Wildman–Crippen LogP) is 3.64. The molecule has 0 fully saturated rings. The molecule has 0 bridgehead atoms. The maximum Gasteiger partial charge on any atom is 0.305 e. The number of esters is 1. The summed E-state index contributed by atoms with van der Waals surface area (Å²) in [5.74, 6) is -0.900. The lowest BCUT2D eigenvalue weighted by Crippen LogP contribution is -2.22. The summed E-state index contributed by atoms with van der Waals surface area (Å²) in [5.41, 5.74) is 0.907. The second-order valence-electron chi connectivity index (χ2n) is 5.83. The number of aromatic nitrogens is 2. The summed E-state index contributed by atoms with van der Waals surface area (Å²) in [6.45, 7) is 0.520. The van der Waals surface area contributed by atoms with Crippen LogP contribution in [-0.4, -0.2) is 35.3 Å². The van der Waals surface area contributed by atoms with Gasteiger partial charge in [0.2, 0.25) is 5.91 Å². The van der Waals surface area contributed by atoms with Crippen LogP contribution in [0.3, 0.4) is 0 Å². The van der Waals surface area contributed by atoms with Crippen molar-refractivity contribution in [3.05, 3.63) is 52.5 Å². The molecule has 2 aromatic rings. The molecule has 0 saturated carbocycles. The lowest BCUT2D eigenvalue weighted by molar-refractivity contribution is -0.140. The van der Waals surface area contributed by atoms with Gasteiger partial charge in [-0.15, -0.1) is 0 Å². The van der Waals surface area contributed by atoms with Crippen LogP contribution in [0, 0.1) is 5.82 Å². The molecule has 1 N–H and O–H groups in total. The number of amides is 1. The number of hydrogen-bond acceptors (Lipinski definition) is 4. The number of unbranched alkanes of at least 4 members (excludes halogenated alkanes) is 2. The van der Waals surface area contributed by atoms with Gasteiger partial charge in [-0.2, -0.15) is 5.10 Å². The zero-order chi connectivity index (χ0) is 19.6. The molecule has 1 aromatic heterocycles. The van der Waals surface area contributed by atoms with Crippen LogP contribution < -0.4 is 5.32 Å². The monoisotopic (exact) mass is 437 g/mol. The first-order valence-electron chi connectivity index (χ1n) is 8.52. The Bertz CT molecular complexity index is 820. The lowest BCUT2D eigenvalue weighted by Gasteiger charge is -2.04. The quantitative estimate of drug-likeness (QED) is 0.369. The molecule has 1 aromatic carbocycles. The van der Waals surface area contributed by atoms with Gasteiger partial charge in [0.05, 0.1) is 17.8 Å². The average molecular weight is 438 g/mol. The van der Waals surface area contributed by atoms with Crippen LogP contribution in [0.15, 0.2) is 41.1 Å². The molecule has 27 heavy (non-hydrogen) atoms. The van der Waals surface area contributed by atoms with Crippen molar-refractivity contribution in [3.8, 4) is 5.69 Å². The minimum absolute atomic E-state index is 0.222. The number of methoxy groups -OCH3 is 1. The average Bonchev–Trinajstić information content (AvgIpc) is 3.08. The van der Waals surface area contributed by atoms with Crippen LogP contribution in [0.5, 0.6) is 0 Å². The van der Waals surface area contributed by atoms with Crippen molar-refractivity contribution in [2.24, 2.45) is 0 Å². The molecule has 0 aliphatic heterocycles. The third-order valence-corrected chi connectivity index (χ3v) is 4.19. The maximum atomic E-state index is 14.2. The standard InChI is InChI=1S/C19H21BrFN3O3/c1-27-19(26)5-3-2-4-10-22-18(25)9-7-14-6-8-17(16(21)11-14)24-13-15(20)12-23-24/h6-9,11-13H,2-5,10H2,1H3,(H,22,25)/b9-7+. The van der Waals surface area contributed by atoms with Gasteiger partial charge < -0.3 is 10.1 Å². The summed E-state index contributed by atoms with van der Waals surface area (Å²) in [4.78, 5) is 22.8. The van der Waals surface area contributed by atoms with E-state index < -0.39 is 5.82 Å². The fourth-order valence-corrected chi connectivity index (χ4v) is 2.65. The van der Waals surface area contributed by atoms with E-state index in [1.165, 1.54) is 23.9 Å². The highest BCUT2D eigenvalue weighted by Crippen LogP contribution is 2.17. The van der Waals surface area contributed by atoms with Gasteiger partial charge in [0, 0.05) is 25.2 Å². The van der Waals surface area contributed by atoms with Crippen LogP contribution in [0.25, 0.3) is 11.8 Å². The first-order valence-corrected chi connectivity index (χ1v) is 9.31. The van der Waals surface area contributed by atoms with Gasteiger partial charge >= 0.3 is 5.97 Å². The number of carbonyl (C=O) groups is 2. The zero-order valence-corrected chi connectivity index (χ0v) is 16.5. The Balaban J connectivity index is 1.77. The van der Waals surface area contributed by atoms with Crippen molar-refractivity contribution >= 4 is 33.9 Å². The molecule has 1 heterocycles. The predicted molar refractivity (Wildman–Crippen MR) is 104 cm³/mol. The molecule has 144 valence electrons. The van der Waals surface area contributed by atoms with E-state index in [0.717, 1.165) is 23.7 Å². The van der Waals surface area contributed by atoms with Gasteiger partial charge in [-0.25, -0.2) is 9.07 Å². The van der Waals surface area contributed by atoms with Gasteiger partial charge in [0.25, 0.3) is 0 Å². The number of hydrogen-bond donors (Lipinski definition) is 1. The molecule has 1 amide bonds. The van der Waals surface area contributed by atoms with Crippen molar-refractivity contribution in [1.82, 2.24) is 15.1 Å². The van der Waals surface area contributed by atoms with Crippen LogP contribution in [-0.2, 0) is 14.3 Å². The number of ether oxygens (including phenoxy) is 1. The highest BCUT2D eigenvalue weighted by Gasteiger charge is 2.06. The third kappa shape index (κ3) is 6.97. The topological polar surface area (TPSA) is 73.2 Å². The van der Waals surface area contributed by atoms with E-state index in [0.29, 0.717) is 24.2 Å². The summed E-state index contributed by atoms with van der Waals surface area (Å²) in [5, 5.41) is 6.80. The van der Waals surface area contributed by atoms with E-state index in [1.54, 1.807) is 30.6 Å². The van der Waals surface area contributed by atoms with E-state index in [9.17, 15) is 14.0 Å². The normalized spacial score (nSPS) is 10.9. The lowest BCUT2D eigenvalue weighted by atomic mass is 10.1. The molecule has 6 nitrogen and oxygen atoms in total. The van der Waals surface area contributed by atoms with E-state index in [4.69, 9.17) is 0 Å². The molecule has 0 saturated heterocycles. The van der Waals surface area contributed by atoms with Crippen molar-refractivity contribution in [3.63, 3.8) is 0 Å². The fourth-order valence-electron chi connectivity index (χ4n) is 2.36. The minimum atomic E-state index is -0.432. The third-order valence-electron chi connectivity index (χ3n) is 3.78. The summed E-state index contributed by atoms with van der Waals surface area (Å²) in [6.07, 6.45) is 8.89. The van der Waals surface area contributed by atoms with Gasteiger partial charge in [-0.3, -0.25) is 9.59 Å². The minimum Gasteiger partial charge on any atom is -0.469 e. The van der Waals surface area contributed by atoms with Crippen molar-refractivity contribution in [2.75, 3.05) is 13.7 Å². The molecule has 0 spiro atoms. The van der Waals surface area contributed by atoms with E-state index in [-0.39, 0.29) is 11.9 Å². The number of rotatable bonds is 9. The Morgan fingerprint density at radius 1 is 1.33 bits per heavy atom. The molecule has 0 aliphatic carbocycles. The number of carbonyl (C=O) groups excluding carboxylic acids is 2. The summed E-state index contributed by atoms with van der Waals surface area (Å²) < 4.78 is 21.0. The van der Waals surface area contributed by atoms with Crippen LogP contribution >= 0.6 is 15.9 Å². The van der Waals surface area contributed by atoms with E-state index in [1.807, 2.05) is 0 Å². The van der Waals surface area contributed by atoms with Crippen LogP contribution in [0.4, 0.5) is 4.39 Å². The highest BCUT2D eigenvalue weighted by molar-refractivity contribution is 9.10. The Kier molecular flexibility index (Phi) is 8.19. The first-order chi connectivity index (χ1) is 13.0. The number of nitrogens with one attached hydrogen (secondary N) is 1. The van der Waals surface area contributed by atoms with Crippen molar-refractivity contribution in [1.29, 1.82) is 0 Å². The molecule has 0 aliphatic rings. The first kappa shape index (κ1) is 20.8. The van der Waals surface area contributed by atoms with Crippen LogP contribution in [0.1, 0.15) is 31.2 Å². The van der Waals surface area contributed by atoms with Crippen molar-refractivity contribution < 1.29 is 18.7 Å². The number of benzene rings is 1. The second kappa shape index (κ2) is 10.6. The summed E-state index contributed by atoms with van der Waals surface area (Å²) in [6, 6.07) is 4.67. The van der Waals surface area contributed by atoms with Gasteiger partial charge in [0.1, 0.15) is 11.5 Å². The van der Waals surface area contributed by atoms with E-state index in [2.05, 4.69) is 31.1 Å². The molecule has 0 radical (unpaired) electrons. The molecular formula is C19H21BrFN3O3. The number of nitrogens with zero attached hydrogens (tertiary/aromatic N) is 2. The molecule has 0 unspecified atom stereocenters. The Labute approximate surface area is 165 Å². The largest absolute Gasteiger partial charge is 0.469 e. The fraction of sp³-hybridized carbons (Fsp3) is 0.316. The van der Waals surface area contributed by atoms with Gasteiger partial charge in [0.15, 0.2) is 0 Å². The Morgan fingerprint density at radius 2 is 2.15 bits per heavy atom. The van der Waals surface area contributed by atoms with Crippen LogP contribution in [0.2, 0.25) is 0 Å². The summed E-state index contributed by atoms with van der Waals surface area (Å²) in [7, 11) is 1.37. The highest BCUT2D eigenvalue weighted by atomic mass is 79.9. The van der Waals surface area contributed by atoms with Crippen molar-refractivity contribution in [2.45, 2.75) is 25.7 Å². The summed E-state index contributed by atoms with van der Waals surface area (Å²) >= 11 is 3.27. The second-order valence-corrected chi connectivity index (χ2v) is 6.74. The molecule has 0 atom stereocenters. The van der Waals surface area contributed by atoms with Gasteiger partial charge in [-0.05, 0) is 52.5 Å². The molecule has 2 rings (SSSR count).